The van der Waals surface area contributed by atoms with Crippen LogP contribution < -0.4 is 20.3 Å². The van der Waals surface area contributed by atoms with Gasteiger partial charge in [-0.2, -0.15) is 0 Å². The first-order valence-corrected chi connectivity index (χ1v) is 9.51. The van der Waals surface area contributed by atoms with Crippen molar-refractivity contribution in [3.8, 4) is 5.75 Å². The van der Waals surface area contributed by atoms with Crippen LogP contribution in [0.5, 0.6) is 5.75 Å². The number of carbonyl (C=O) groups is 3. The normalized spacial score (nSPS) is 18.4. The molecule has 2 aliphatic heterocycles. The lowest BCUT2D eigenvalue weighted by atomic mass is 10.1. The van der Waals surface area contributed by atoms with Gasteiger partial charge in [0, 0.05) is 30.4 Å². The first-order chi connectivity index (χ1) is 14.0. The number of nitrogens with zero attached hydrogens (tertiary/aromatic N) is 1. The first kappa shape index (κ1) is 18.7. The highest BCUT2D eigenvalue weighted by atomic mass is 16.5. The molecule has 4 rings (SSSR count). The van der Waals surface area contributed by atoms with E-state index in [4.69, 9.17) is 4.74 Å². The third-order valence-electron chi connectivity index (χ3n) is 4.88. The van der Waals surface area contributed by atoms with Crippen LogP contribution >= 0.6 is 0 Å². The number of ether oxygens (including phenoxy) is 1. The Balaban J connectivity index is 1.38. The Morgan fingerprint density at radius 2 is 2.00 bits per heavy atom. The molecular weight excluding hydrogens is 370 g/mol. The number of hydrogen-bond donors (Lipinski definition) is 2. The molecule has 0 spiro atoms. The second-order valence-electron chi connectivity index (χ2n) is 7.02. The summed E-state index contributed by atoms with van der Waals surface area (Å²) >= 11 is 0. The number of amides is 3. The molecule has 2 heterocycles. The second kappa shape index (κ2) is 7.79. The Bertz CT molecular complexity index is 998. The molecule has 29 heavy (non-hydrogen) atoms. The van der Waals surface area contributed by atoms with Crippen LogP contribution in [0.1, 0.15) is 25.3 Å². The zero-order valence-electron chi connectivity index (χ0n) is 16.0. The van der Waals surface area contributed by atoms with E-state index in [9.17, 15) is 14.4 Å². The summed E-state index contributed by atoms with van der Waals surface area (Å²) in [5, 5.41) is 5.52. The van der Waals surface area contributed by atoms with Crippen LogP contribution in [0.25, 0.3) is 6.08 Å². The Morgan fingerprint density at radius 3 is 2.72 bits per heavy atom. The summed E-state index contributed by atoms with van der Waals surface area (Å²) in [7, 11) is 0. The molecule has 1 saturated heterocycles. The Hall–Kier alpha value is -3.61. The van der Waals surface area contributed by atoms with Gasteiger partial charge in [0.05, 0.1) is 5.69 Å². The van der Waals surface area contributed by atoms with Crippen LogP contribution in [0.4, 0.5) is 17.1 Å². The number of nitrogens with one attached hydrogen (secondary N) is 2. The van der Waals surface area contributed by atoms with Crippen LogP contribution in [0.15, 0.2) is 48.5 Å². The third-order valence-corrected chi connectivity index (χ3v) is 4.88. The molecular formula is C22H21N3O4. The molecule has 0 saturated carbocycles. The van der Waals surface area contributed by atoms with Gasteiger partial charge in [-0.05, 0) is 55.3 Å². The molecule has 2 aromatic carbocycles. The maximum Gasteiger partial charge on any atom is 0.265 e. The van der Waals surface area contributed by atoms with E-state index in [0.29, 0.717) is 23.5 Å². The smallest absolute Gasteiger partial charge is 0.265 e. The Labute approximate surface area is 168 Å². The van der Waals surface area contributed by atoms with Crippen LogP contribution in [0.3, 0.4) is 0 Å². The SMILES string of the molecule is CC1Oc2ccc(NC(=O)/C=C/c3ccc(N4CCCC4=O)cc3)cc2NC1=O. The maximum absolute atomic E-state index is 12.2. The minimum absolute atomic E-state index is 0.147. The molecule has 0 aliphatic carbocycles. The topological polar surface area (TPSA) is 87.7 Å². The summed E-state index contributed by atoms with van der Waals surface area (Å²) in [4.78, 5) is 37.5. The predicted octanol–water partition coefficient (Wildman–Crippen LogP) is 3.18. The maximum atomic E-state index is 12.2. The fourth-order valence-corrected chi connectivity index (χ4v) is 3.33. The highest BCUT2D eigenvalue weighted by Crippen LogP contribution is 2.32. The van der Waals surface area contributed by atoms with Gasteiger partial charge in [-0.25, -0.2) is 0 Å². The minimum atomic E-state index is -0.541. The van der Waals surface area contributed by atoms with Crippen molar-refractivity contribution in [3.63, 3.8) is 0 Å². The van der Waals surface area contributed by atoms with Crippen LogP contribution in [0, 0.1) is 0 Å². The van der Waals surface area contributed by atoms with Gasteiger partial charge in [0.1, 0.15) is 5.75 Å². The summed E-state index contributed by atoms with van der Waals surface area (Å²) in [5.74, 6) is 0.205. The predicted molar refractivity (Wildman–Crippen MR) is 111 cm³/mol. The number of rotatable bonds is 4. The number of benzene rings is 2. The molecule has 0 aromatic heterocycles. The van der Waals surface area contributed by atoms with Crippen molar-refractivity contribution in [3.05, 3.63) is 54.1 Å². The lowest BCUT2D eigenvalue weighted by Gasteiger charge is -2.23. The molecule has 1 unspecified atom stereocenters. The van der Waals surface area contributed by atoms with Gasteiger partial charge in [0.25, 0.3) is 5.91 Å². The molecule has 0 bridgehead atoms. The third kappa shape index (κ3) is 4.13. The fraction of sp³-hybridized carbons (Fsp3) is 0.227. The lowest BCUT2D eigenvalue weighted by molar-refractivity contribution is -0.122. The van der Waals surface area contributed by atoms with Crippen molar-refractivity contribution < 1.29 is 19.1 Å². The van der Waals surface area contributed by atoms with E-state index in [0.717, 1.165) is 24.2 Å². The molecule has 2 aliphatic rings. The van der Waals surface area contributed by atoms with Gasteiger partial charge < -0.3 is 20.3 Å². The number of hydrogen-bond acceptors (Lipinski definition) is 4. The quantitative estimate of drug-likeness (QED) is 0.784. The molecule has 2 aromatic rings. The van der Waals surface area contributed by atoms with Crippen molar-refractivity contribution in [2.24, 2.45) is 0 Å². The lowest BCUT2D eigenvalue weighted by Crippen LogP contribution is -2.34. The van der Waals surface area contributed by atoms with E-state index in [1.807, 2.05) is 24.3 Å². The van der Waals surface area contributed by atoms with Gasteiger partial charge in [-0.15, -0.1) is 0 Å². The highest BCUT2D eigenvalue weighted by molar-refractivity contribution is 6.03. The van der Waals surface area contributed by atoms with E-state index in [-0.39, 0.29) is 17.7 Å². The van der Waals surface area contributed by atoms with E-state index in [1.54, 1.807) is 36.1 Å². The zero-order chi connectivity index (χ0) is 20.4. The van der Waals surface area contributed by atoms with E-state index >= 15 is 0 Å². The largest absolute Gasteiger partial charge is 0.479 e. The number of carbonyl (C=O) groups excluding carboxylic acids is 3. The monoisotopic (exact) mass is 391 g/mol. The standard InChI is InChI=1S/C22H21N3O4/c1-14-22(28)24-18-13-16(7-10-19(18)29-14)23-20(26)11-6-15-4-8-17(9-5-15)25-12-2-3-21(25)27/h4-11,13-14H,2-3,12H2,1H3,(H,23,26)(H,24,28)/b11-6+. The average molecular weight is 391 g/mol. The van der Waals surface area contributed by atoms with Gasteiger partial charge in [0.15, 0.2) is 6.10 Å². The molecule has 7 nitrogen and oxygen atoms in total. The van der Waals surface area contributed by atoms with Gasteiger partial charge in [-0.3, -0.25) is 14.4 Å². The molecule has 2 N–H and O–H groups in total. The van der Waals surface area contributed by atoms with E-state index < -0.39 is 6.10 Å². The van der Waals surface area contributed by atoms with E-state index in [1.165, 1.54) is 6.08 Å². The highest BCUT2D eigenvalue weighted by Gasteiger charge is 2.23. The molecule has 1 atom stereocenters. The van der Waals surface area contributed by atoms with Crippen LogP contribution in [-0.2, 0) is 14.4 Å². The molecule has 3 amide bonds. The number of anilines is 3. The molecule has 1 fully saturated rings. The van der Waals surface area contributed by atoms with Crippen molar-refractivity contribution >= 4 is 40.9 Å². The van der Waals surface area contributed by atoms with Gasteiger partial charge >= 0.3 is 0 Å². The fourth-order valence-electron chi connectivity index (χ4n) is 3.33. The van der Waals surface area contributed by atoms with Crippen molar-refractivity contribution in [1.82, 2.24) is 0 Å². The van der Waals surface area contributed by atoms with Gasteiger partial charge in [-0.1, -0.05) is 12.1 Å². The first-order valence-electron chi connectivity index (χ1n) is 9.51. The minimum Gasteiger partial charge on any atom is -0.479 e. The molecule has 148 valence electrons. The van der Waals surface area contributed by atoms with Crippen LogP contribution in [0.2, 0.25) is 0 Å². The van der Waals surface area contributed by atoms with E-state index in [2.05, 4.69) is 10.6 Å². The number of fused-ring (bicyclic) bond motifs is 1. The second-order valence-corrected chi connectivity index (χ2v) is 7.02. The summed E-state index contributed by atoms with van der Waals surface area (Å²) < 4.78 is 5.50. The van der Waals surface area contributed by atoms with Crippen molar-refractivity contribution in [1.29, 1.82) is 0 Å². The Kier molecular flexibility index (Phi) is 5.03. The van der Waals surface area contributed by atoms with Gasteiger partial charge in [0.2, 0.25) is 11.8 Å². The Morgan fingerprint density at radius 1 is 1.21 bits per heavy atom. The van der Waals surface area contributed by atoms with Crippen molar-refractivity contribution in [2.45, 2.75) is 25.9 Å². The molecule has 0 radical (unpaired) electrons. The summed E-state index contributed by atoms with van der Waals surface area (Å²) in [6.45, 7) is 2.43. The average Bonchev–Trinajstić information content (AvgIpc) is 3.14. The summed E-state index contributed by atoms with van der Waals surface area (Å²) in [6, 6.07) is 12.6. The molecule has 7 heteroatoms. The summed E-state index contributed by atoms with van der Waals surface area (Å²) in [5.41, 5.74) is 2.82. The van der Waals surface area contributed by atoms with Crippen molar-refractivity contribution in [2.75, 3.05) is 22.1 Å². The summed E-state index contributed by atoms with van der Waals surface area (Å²) in [6.07, 6.45) is 4.08. The zero-order valence-corrected chi connectivity index (χ0v) is 16.0. The van der Waals surface area contributed by atoms with Crippen LogP contribution in [-0.4, -0.2) is 30.4 Å².